The Balaban J connectivity index is 1.79. The van der Waals surface area contributed by atoms with Gasteiger partial charge in [0.05, 0.1) is 18.4 Å². The van der Waals surface area contributed by atoms with Crippen LogP contribution in [-0.2, 0) is 11.3 Å². The highest BCUT2D eigenvalue weighted by molar-refractivity contribution is 5.90. The molecule has 0 aliphatic carbocycles. The summed E-state index contributed by atoms with van der Waals surface area (Å²) in [6.07, 6.45) is -0.173. The van der Waals surface area contributed by atoms with Crippen molar-refractivity contribution in [2.75, 3.05) is 11.9 Å². The Kier molecular flexibility index (Phi) is 4.92. The molecule has 0 saturated carbocycles. The summed E-state index contributed by atoms with van der Waals surface area (Å²) in [6, 6.07) is 2.66. The highest BCUT2D eigenvalue weighted by Crippen LogP contribution is 2.18. The summed E-state index contributed by atoms with van der Waals surface area (Å²) >= 11 is 0. The lowest BCUT2D eigenvalue weighted by molar-refractivity contribution is -0.154. The SMILES string of the molecule is O=C(CCn1cncn1)Nc1ccc(OCC(F)(F)F)nc1. The van der Waals surface area contributed by atoms with Crippen LogP contribution in [0.2, 0.25) is 0 Å². The largest absolute Gasteiger partial charge is 0.468 e. The second-order valence-corrected chi connectivity index (χ2v) is 4.25. The summed E-state index contributed by atoms with van der Waals surface area (Å²) in [5.74, 6) is -0.445. The average molecular weight is 315 g/mol. The molecule has 0 bridgehead atoms. The van der Waals surface area contributed by atoms with E-state index in [9.17, 15) is 18.0 Å². The molecule has 10 heteroatoms. The van der Waals surface area contributed by atoms with Crippen LogP contribution in [0.4, 0.5) is 18.9 Å². The van der Waals surface area contributed by atoms with Crippen LogP contribution < -0.4 is 10.1 Å². The monoisotopic (exact) mass is 315 g/mol. The van der Waals surface area contributed by atoms with E-state index in [4.69, 9.17) is 0 Å². The highest BCUT2D eigenvalue weighted by atomic mass is 19.4. The van der Waals surface area contributed by atoms with Crippen molar-refractivity contribution in [3.8, 4) is 5.88 Å². The first-order chi connectivity index (χ1) is 10.4. The minimum atomic E-state index is -4.42. The fourth-order valence-electron chi connectivity index (χ4n) is 1.48. The van der Waals surface area contributed by atoms with Crippen molar-refractivity contribution in [1.29, 1.82) is 0 Å². The maximum Gasteiger partial charge on any atom is 0.422 e. The Morgan fingerprint density at radius 3 is 2.77 bits per heavy atom. The number of amides is 1. The first-order valence-electron chi connectivity index (χ1n) is 6.20. The van der Waals surface area contributed by atoms with Gasteiger partial charge in [-0.1, -0.05) is 0 Å². The third kappa shape index (κ3) is 5.38. The molecule has 0 saturated heterocycles. The van der Waals surface area contributed by atoms with Gasteiger partial charge in [0.25, 0.3) is 0 Å². The predicted octanol–water partition coefficient (Wildman–Crippen LogP) is 1.64. The van der Waals surface area contributed by atoms with Gasteiger partial charge in [0.15, 0.2) is 6.61 Å². The molecule has 2 rings (SSSR count). The van der Waals surface area contributed by atoms with Gasteiger partial charge in [-0.15, -0.1) is 0 Å². The number of nitrogens with one attached hydrogen (secondary N) is 1. The molecule has 0 atom stereocenters. The predicted molar refractivity (Wildman–Crippen MR) is 69.1 cm³/mol. The number of ether oxygens (including phenoxy) is 1. The second kappa shape index (κ2) is 6.87. The van der Waals surface area contributed by atoms with E-state index in [0.29, 0.717) is 12.2 Å². The van der Waals surface area contributed by atoms with E-state index in [1.165, 1.54) is 35.7 Å². The van der Waals surface area contributed by atoms with Crippen LogP contribution in [0.15, 0.2) is 31.0 Å². The van der Waals surface area contributed by atoms with Crippen LogP contribution in [0.25, 0.3) is 0 Å². The standard InChI is InChI=1S/C12H12F3N5O2/c13-12(14,15)6-22-11-2-1-9(5-17-11)19-10(21)3-4-20-8-16-7-18-20/h1-2,5,7-8H,3-4,6H2,(H,19,21). The summed E-state index contributed by atoms with van der Waals surface area (Å²) < 4.78 is 41.9. The fraction of sp³-hybridized carbons (Fsp3) is 0.333. The number of halogens is 3. The first-order valence-corrected chi connectivity index (χ1v) is 6.20. The van der Waals surface area contributed by atoms with Crippen molar-refractivity contribution in [3.63, 3.8) is 0 Å². The van der Waals surface area contributed by atoms with Crippen LogP contribution in [0, 0.1) is 0 Å². The van der Waals surface area contributed by atoms with Crippen molar-refractivity contribution < 1.29 is 22.7 Å². The molecule has 0 aromatic carbocycles. The molecule has 2 aromatic rings. The summed E-state index contributed by atoms with van der Waals surface area (Å²) in [5, 5.41) is 6.42. The molecule has 0 unspecified atom stereocenters. The first kappa shape index (κ1) is 15.7. The molecule has 118 valence electrons. The Bertz CT molecular complexity index is 598. The zero-order chi connectivity index (χ0) is 16.0. The van der Waals surface area contributed by atoms with Gasteiger partial charge < -0.3 is 10.1 Å². The van der Waals surface area contributed by atoms with E-state index in [1.807, 2.05) is 0 Å². The van der Waals surface area contributed by atoms with Gasteiger partial charge in [0.2, 0.25) is 11.8 Å². The van der Waals surface area contributed by atoms with Crippen molar-refractivity contribution in [3.05, 3.63) is 31.0 Å². The number of aromatic nitrogens is 4. The number of alkyl halides is 3. The normalized spacial score (nSPS) is 11.2. The quantitative estimate of drug-likeness (QED) is 0.876. The summed E-state index contributed by atoms with van der Waals surface area (Å²) in [5.41, 5.74) is 0.364. The van der Waals surface area contributed by atoms with Crippen LogP contribution in [-0.4, -0.2) is 38.4 Å². The number of anilines is 1. The number of pyridine rings is 1. The third-order valence-corrected chi connectivity index (χ3v) is 2.44. The number of carbonyl (C=O) groups is 1. The van der Waals surface area contributed by atoms with Gasteiger partial charge in [-0.05, 0) is 6.07 Å². The smallest absolute Gasteiger partial charge is 0.422 e. The molecule has 0 radical (unpaired) electrons. The van der Waals surface area contributed by atoms with Crippen molar-refractivity contribution >= 4 is 11.6 Å². The Hall–Kier alpha value is -2.65. The molecule has 0 aliphatic heterocycles. The Morgan fingerprint density at radius 2 is 2.18 bits per heavy atom. The summed E-state index contributed by atoms with van der Waals surface area (Å²) in [7, 11) is 0. The van der Waals surface area contributed by atoms with Crippen LogP contribution >= 0.6 is 0 Å². The molecule has 1 N–H and O–H groups in total. The van der Waals surface area contributed by atoms with Gasteiger partial charge >= 0.3 is 6.18 Å². The third-order valence-electron chi connectivity index (χ3n) is 2.44. The molecule has 0 spiro atoms. The molecule has 1 amide bonds. The second-order valence-electron chi connectivity index (χ2n) is 4.25. The molecule has 2 heterocycles. The van der Waals surface area contributed by atoms with E-state index in [-0.39, 0.29) is 18.2 Å². The van der Waals surface area contributed by atoms with Crippen LogP contribution in [0.1, 0.15) is 6.42 Å². The molecule has 7 nitrogen and oxygen atoms in total. The maximum absolute atomic E-state index is 12.0. The van der Waals surface area contributed by atoms with Crippen LogP contribution in [0.5, 0.6) is 5.88 Å². The van der Waals surface area contributed by atoms with Gasteiger partial charge in [-0.25, -0.2) is 9.97 Å². The van der Waals surface area contributed by atoms with Gasteiger partial charge in [0.1, 0.15) is 12.7 Å². The Morgan fingerprint density at radius 1 is 1.36 bits per heavy atom. The zero-order valence-electron chi connectivity index (χ0n) is 11.2. The number of aryl methyl sites for hydroxylation is 1. The van der Waals surface area contributed by atoms with E-state index >= 15 is 0 Å². The molecule has 0 aliphatic rings. The van der Waals surface area contributed by atoms with Gasteiger partial charge in [-0.3, -0.25) is 9.48 Å². The summed E-state index contributed by atoms with van der Waals surface area (Å²) in [6.45, 7) is -1.05. The topological polar surface area (TPSA) is 81.9 Å². The van der Waals surface area contributed by atoms with E-state index in [1.54, 1.807) is 0 Å². The van der Waals surface area contributed by atoms with E-state index in [0.717, 1.165) is 0 Å². The van der Waals surface area contributed by atoms with Crippen molar-refractivity contribution in [2.45, 2.75) is 19.1 Å². The van der Waals surface area contributed by atoms with Gasteiger partial charge in [0, 0.05) is 12.5 Å². The van der Waals surface area contributed by atoms with Crippen molar-refractivity contribution in [2.24, 2.45) is 0 Å². The molecular weight excluding hydrogens is 303 g/mol. The minimum absolute atomic E-state index is 0.169. The van der Waals surface area contributed by atoms with Crippen LogP contribution in [0.3, 0.4) is 0 Å². The number of nitrogens with zero attached hydrogens (tertiary/aromatic N) is 4. The highest BCUT2D eigenvalue weighted by Gasteiger charge is 2.28. The number of hydrogen-bond donors (Lipinski definition) is 1. The molecule has 2 aromatic heterocycles. The lowest BCUT2D eigenvalue weighted by atomic mass is 10.3. The summed E-state index contributed by atoms with van der Waals surface area (Å²) in [4.78, 5) is 19.1. The van der Waals surface area contributed by atoms with Gasteiger partial charge in [-0.2, -0.15) is 18.3 Å². The molecule has 0 fully saturated rings. The number of rotatable bonds is 6. The fourth-order valence-corrected chi connectivity index (χ4v) is 1.48. The lowest BCUT2D eigenvalue weighted by Crippen LogP contribution is -2.19. The number of carbonyl (C=O) groups excluding carboxylic acids is 1. The van der Waals surface area contributed by atoms with E-state index < -0.39 is 12.8 Å². The minimum Gasteiger partial charge on any atom is -0.468 e. The molecule has 22 heavy (non-hydrogen) atoms. The lowest BCUT2D eigenvalue weighted by Gasteiger charge is -2.09. The average Bonchev–Trinajstić information content (AvgIpc) is 2.97. The van der Waals surface area contributed by atoms with E-state index in [2.05, 4.69) is 25.1 Å². The molecular formula is C12H12F3N5O2. The number of hydrogen-bond acceptors (Lipinski definition) is 5. The zero-order valence-corrected chi connectivity index (χ0v) is 11.2. The maximum atomic E-state index is 12.0. The Labute approximate surface area is 123 Å². The van der Waals surface area contributed by atoms with Crippen molar-refractivity contribution in [1.82, 2.24) is 19.7 Å².